The highest BCUT2D eigenvalue weighted by Gasteiger charge is 2.40. The number of aryl methyl sites for hydroxylation is 1. The number of amides is 1. The van der Waals surface area contributed by atoms with E-state index in [1.165, 1.54) is 0 Å². The highest BCUT2D eigenvalue weighted by Crippen LogP contribution is 2.50. The molecule has 0 heterocycles. The van der Waals surface area contributed by atoms with E-state index in [-0.39, 0.29) is 18.7 Å². The van der Waals surface area contributed by atoms with Gasteiger partial charge in [-0.05, 0) is 50.1 Å². The van der Waals surface area contributed by atoms with Crippen molar-refractivity contribution in [3.63, 3.8) is 0 Å². The maximum Gasteiger partial charge on any atom is 0.351 e. The Labute approximate surface area is 172 Å². The summed E-state index contributed by atoms with van der Waals surface area (Å²) in [5.74, 6) is -3.27. The average Bonchev–Trinajstić information content (AvgIpc) is 2.65. The van der Waals surface area contributed by atoms with E-state index in [1.54, 1.807) is 13.8 Å². The first-order valence-electron chi connectivity index (χ1n) is 9.94. The van der Waals surface area contributed by atoms with Crippen molar-refractivity contribution in [2.24, 2.45) is 11.7 Å². The van der Waals surface area contributed by atoms with Gasteiger partial charge in [0.25, 0.3) is 0 Å². The van der Waals surface area contributed by atoms with Crippen molar-refractivity contribution < 1.29 is 28.7 Å². The van der Waals surface area contributed by atoms with Crippen LogP contribution in [0.5, 0.6) is 0 Å². The SMILES string of the molecule is CC(C)C(NC(=O)CCCc1ccccc1)P(=O)(O)O[C@H](CCCCN)C(=O)O. The van der Waals surface area contributed by atoms with E-state index in [0.29, 0.717) is 25.8 Å². The molecule has 0 aromatic heterocycles. The lowest BCUT2D eigenvalue weighted by molar-refractivity contribution is -0.145. The Kier molecular flexibility index (Phi) is 11.1. The Balaban J connectivity index is 2.66. The topological polar surface area (TPSA) is 139 Å². The number of rotatable bonds is 14. The molecule has 5 N–H and O–H groups in total. The molecule has 1 rings (SSSR count). The maximum absolute atomic E-state index is 12.8. The predicted molar refractivity (Wildman–Crippen MR) is 111 cm³/mol. The number of carboxylic acid groups (broad SMARTS) is 1. The number of aliphatic carboxylic acids is 1. The van der Waals surface area contributed by atoms with Crippen LogP contribution in [-0.4, -0.2) is 40.3 Å². The van der Waals surface area contributed by atoms with E-state index in [1.807, 2.05) is 30.3 Å². The third kappa shape index (κ3) is 9.54. The summed E-state index contributed by atoms with van der Waals surface area (Å²) in [6.07, 6.45) is 1.21. The van der Waals surface area contributed by atoms with Gasteiger partial charge >= 0.3 is 13.6 Å². The number of nitrogens with one attached hydrogen (secondary N) is 1. The fourth-order valence-corrected chi connectivity index (χ4v) is 4.66. The zero-order valence-corrected chi connectivity index (χ0v) is 18.0. The molecule has 164 valence electrons. The quantitative estimate of drug-likeness (QED) is 0.264. The lowest BCUT2D eigenvalue weighted by atomic mass is 10.1. The Morgan fingerprint density at radius 3 is 2.38 bits per heavy atom. The molecular weight excluding hydrogens is 395 g/mol. The standard InChI is InChI=1S/C20H33N2O6P/c1-15(2)19(22-18(23)13-8-11-16-9-4-3-5-10-16)29(26,27)28-17(20(24)25)12-6-7-14-21/h3-5,9-10,15,17,19H,6-8,11-14,21H2,1-2H3,(H,22,23)(H,24,25)(H,26,27)/t17-,19?/m1/s1. The van der Waals surface area contributed by atoms with Gasteiger partial charge < -0.3 is 21.1 Å². The zero-order valence-electron chi connectivity index (χ0n) is 17.1. The number of nitrogens with two attached hydrogens (primary N) is 1. The molecule has 0 radical (unpaired) electrons. The fourth-order valence-electron chi connectivity index (χ4n) is 2.90. The molecule has 1 aromatic carbocycles. The van der Waals surface area contributed by atoms with Gasteiger partial charge in [0.15, 0.2) is 6.10 Å². The van der Waals surface area contributed by atoms with Crippen LogP contribution in [0.4, 0.5) is 0 Å². The molecule has 3 atom stereocenters. The van der Waals surface area contributed by atoms with Gasteiger partial charge in [0, 0.05) is 6.42 Å². The molecule has 0 saturated heterocycles. The van der Waals surface area contributed by atoms with Crippen LogP contribution in [0.2, 0.25) is 0 Å². The Morgan fingerprint density at radius 2 is 1.83 bits per heavy atom. The molecule has 0 saturated carbocycles. The van der Waals surface area contributed by atoms with Gasteiger partial charge in [0.2, 0.25) is 5.91 Å². The number of carbonyl (C=O) groups excluding carboxylic acids is 1. The summed E-state index contributed by atoms with van der Waals surface area (Å²) in [6.45, 7) is 3.74. The highest BCUT2D eigenvalue weighted by atomic mass is 31.2. The van der Waals surface area contributed by atoms with Crippen molar-refractivity contribution in [2.75, 3.05) is 6.54 Å². The molecule has 9 heteroatoms. The van der Waals surface area contributed by atoms with Gasteiger partial charge in [-0.2, -0.15) is 0 Å². The van der Waals surface area contributed by atoms with Crippen molar-refractivity contribution >= 4 is 19.5 Å². The van der Waals surface area contributed by atoms with Gasteiger partial charge in [-0.25, -0.2) is 4.79 Å². The Morgan fingerprint density at radius 1 is 1.17 bits per heavy atom. The number of unbranched alkanes of at least 4 members (excludes halogenated alkanes) is 1. The van der Waals surface area contributed by atoms with Crippen LogP contribution in [-0.2, 0) is 25.1 Å². The highest BCUT2D eigenvalue weighted by molar-refractivity contribution is 7.53. The molecule has 0 aliphatic heterocycles. The van der Waals surface area contributed by atoms with E-state index in [9.17, 15) is 24.2 Å². The van der Waals surface area contributed by atoms with Crippen LogP contribution in [0.3, 0.4) is 0 Å². The van der Waals surface area contributed by atoms with Crippen molar-refractivity contribution in [1.29, 1.82) is 0 Å². The molecule has 2 unspecified atom stereocenters. The number of hydrogen-bond acceptors (Lipinski definition) is 5. The molecule has 0 spiro atoms. The number of hydrogen-bond donors (Lipinski definition) is 4. The summed E-state index contributed by atoms with van der Waals surface area (Å²) in [6, 6.07) is 9.72. The predicted octanol–water partition coefficient (Wildman–Crippen LogP) is 2.89. The largest absolute Gasteiger partial charge is 0.479 e. The Hall–Kier alpha value is -1.73. The first kappa shape index (κ1) is 25.3. The summed E-state index contributed by atoms with van der Waals surface area (Å²) >= 11 is 0. The van der Waals surface area contributed by atoms with Crippen LogP contribution in [0.15, 0.2) is 30.3 Å². The third-order valence-electron chi connectivity index (χ3n) is 4.48. The molecule has 29 heavy (non-hydrogen) atoms. The van der Waals surface area contributed by atoms with E-state index >= 15 is 0 Å². The van der Waals surface area contributed by atoms with Gasteiger partial charge in [-0.3, -0.25) is 13.9 Å². The third-order valence-corrected chi connectivity index (χ3v) is 6.46. The number of carboxylic acids is 1. The summed E-state index contributed by atoms with van der Waals surface area (Å²) in [5.41, 5.74) is 6.51. The molecule has 8 nitrogen and oxygen atoms in total. The monoisotopic (exact) mass is 428 g/mol. The van der Waals surface area contributed by atoms with Gasteiger partial charge in [-0.15, -0.1) is 0 Å². The van der Waals surface area contributed by atoms with Crippen LogP contribution < -0.4 is 11.1 Å². The second kappa shape index (κ2) is 12.8. The van der Waals surface area contributed by atoms with Gasteiger partial charge in [-0.1, -0.05) is 44.2 Å². The van der Waals surface area contributed by atoms with Crippen LogP contribution in [0.25, 0.3) is 0 Å². The van der Waals surface area contributed by atoms with Crippen molar-refractivity contribution in [3.05, 3.63) is 35.9 Å². The smallest absolute Gasteiger partial charge is 0.351 e. The zero-order chi connectivity index (χ0) is 21.9. The van der Waals surface area contributed by atoms with E-state index in [0.717, 1.165) is 12.0 Å². The molecule has 1 amide bonds. The summed E-state index contributed by atoms with van der Waals surface area (Å²) in [5, 5.41) is 11.9. The number of carbonyl (C=O) groups is 2. The lowest BCUT2D eigenvalue weighted by Gasteiger charge is -2.28. The van der Waals surface area contributed by atoms with E-state index in [2.05, 4.69) is 5.32 Å². The van der Waals surface area contributed by atoms with Crippen molar-refractivity contribution in [3.8, 4) is 0 Å². The van der Waals surface area contributed by atoms with E-state index < -0.39 is 31.4 Å². The molecule has 1 aromatic rings. The van der Waals surface area contributed by atoms with Crippen LogP contribution in [0, 0.1) is 5.92 Å². The fraction of sp³-hybridized carbons (Fsp3) is 0.600. The summed E-state index contributed by atoms with van der Waals surface area (Å²) in [4.78, 5) is 34.1. The first-order chi connectivity index (χ1) is 13.7. The Bertz CT molecular complexity index is 683. The van der Waals surface area contributed by atoms with Gasteiger partial charge in [0.05, 0.1) is 0 Å². The normalized spacial score (nSPS) is 15.5. The van der Waals surface area contributed by atoms with E-state index in [4.69, 9.17) is 10.3 Å². The number of benzene rings is 1. The van der Waals surface area contributed by atoms with Crippen molar-refractivity contribution in [1.82, 2.24) is 5.32 Å². The minimum absolute atomic E-state index is 0.0763. The first-order valence-corrected chi connectivity index (χ1v) is 11.6. The average molecular weight is 428 g/mol. The lowest BCUT2D eigenvalue weighted by Crippen LogP contribution is -2.40. The second-order valence-corrected chi connectivity index (χ2v) is 9.27. The molecule has 0 fully saturated rings. The maximum atomic E-state index is 12.8. The molecule has 0 bridgehead atoms. The van der Waals surface area contributed by atoms with Crippen molar-refractivity contribution in [2.45, 2.75) is 64.3 Å². The molecular formula is C20H33N2O6P. The van der Waals surface area contributed by atoms with Crippen LogP contribution in [0.1, 0.15) is 51.5 Å². The molecule has 0 aliphatic rings. The van der Waals surface area contributed by atoms with Gasteiger partial charge in [0.1, 0.15) is 5.78 Å². The minimum atomic E-state index is -4.41. The minimum Gasteiger partial charge on any atom is -0.479 e. The van der Waals surface area contributed by atoms with Crippen LogP contribution >= 0.6 is 7.60 Å². The second-order valence-electron chi connectivity index (χ2n) is 7.38. The summed E-state index contributed by atoms with van der Waals surface area (Å²) in [7, 11) is -4.41. The summed E-state index contributed by atoms with van der Waals surface area (Å²) < 4.78 is 17.9. The molecule has 0 aliphatic carbocycles.